The summed E-state index contributed by atoms with van der Waals surface area (Å²) in [6.45, 7) is -2.20. The summed E-state index contributed by atoms with van der Waals surface area (Å²) >= 11 is 0. The van der Waals surface area contributed by atoms with Gasteiger partial charge in [0.15, 0.2) is 6.23 Å². The van der Waals surface area contributed by atoms with Gasteiger partial charge in [-0.25, -0.2) is 27.8 Å². The Morgan fingerprint density at radius 2 is 1.35 bits per heavy atom. The zero-order valence-corrected chi connectivity index (χ0v) is 30.1. The smallest absolute Gasteiger partial charge is 0.390 e. The van der Waals surface area contributed by atoms with E-state index in [1.165, 1.54) is 12.3 Å². The van der Waals surface area contributed by atoms with Crippen LogP contribution in [0.1, 0.15) is 18.9 Å². The second kappa shape index (κ2) is 16.2. The molecule has 2 aliphatic rings. The standard InChI is InChI=1S/C18H27N5O21P4.Na/c19-11-1-3-22(17(28)20-11)13-5-8(24)9(40-13)6-38-45(30,31)42-47(34,35)44-48(36,37)43-46(32,33)39-7-10-14(26)15(27)16(41-10)23-4-2-12(25)21-18(23)29;/h1-4,8-10,13-16,24,26-27H,5-7H2,(H,30,31)(H,32,33)(H,34,35)(H,36,37)(H2,19,20,28)(H,21,25,29);/t8-,9+,10+,13+,14+,15+,16+;/m0./s1. The summed E-state index contributed by atoms with van der Waals surface area (Å²) in [5, 5.41) is 30.5. The molecule has 0 aromatic carbocycles. The van der Waals surface area contributed by atoms with E-state index in [1.807, 2.05) is 4.98 Å². The molecular weight excluding hydrogens is 769 g/mol. The number of aromatic amines is 1. The fraction of sp³-hybridized carbons (Fsp3) is 0.556. The van der Waals surface area contributed by atoms with Crippen molar-refractivity contribution in [3.63, 3.8) is 0 Å². The van der Waals surface area contributed by atoms with E-state index in [0.29, 0.717) is 4.57 Å². The molecule has 0 bridgehead atoms. The number of anilines is 1. The molecule has 1 radical (unpaired) electrons. The maximum Gasteiger partial charge on any atom is 0.490 e. The normalized spacial score (nSPS) is 30.4. The van der Waals surface area contributed by atoms with Crippen molar-refractivity contribution in [2.45, 2.75) is 49.4 Å². The molecule has 2 aromatic rings. The first-order chi connectivity index (χ1) is 22.1. The molecule has 10 N–H and O–H groups in total. The molecule has 0 spiro atoms. The van der Waals surface area contributed by atoms with Crippen LogP contribution in [0.3, 0.4) is 0 Å². The maximum absolute atomic E-state index is 12.2. The number of H-pyrrole nitrogens is 1. The van der Waals surface area contributed by atoms with Crippen LogP contribution >= 0.6 is 31.3 Å². The molecule has 4 rings (SSSR count). The van der Waals surface area contributed by atoms with Crippen molar-refractivity contribution < 1.29 is 84.6 Å². The second-order valence-corrected chi connectivity index (χ2v) is 16.0. The molecule has 2 aromatic heterocycles. The Kier molecular flexibility index (Phi) is 13.9. The molecule has 0 amide bonds. The van der Waals surface area contributed by atoms with Crippen molar-refractivity contribution in [3.8, 4) is 0 Å². The number of hydrogen-bond donors (Lipinski definition) is 9. The van der Waals surface area contributed by atoms with Crippen LogP contribution in [0.5, 0.6) is 0 Å². The topological polar surface area (TPSA) is 390 Å². The molecule has 11 atom stereocenters. The van der Waals surface area contributed by atoms with Gasteiger partial charge in [0.1, 0.15) is 36.5 Å². The van der Waals surface area contributed by atoms with Crippen LogP contribution in [-0.4, -0.2) is 127 Å². The summed E-state index contributed by atoms with van der Waals surface area (Å²) in [5.74, 6) is -0.103. The third kappa shape index (κ3) is 11.4. The van der Waals surface area contributed by atoms with Gasteiger partial charge in [0.25, 0.3) is 5.56 Å². The number of ether oxygens (including phenoxy) is 2. The minimum atomic E-state index is -6.19. The van der Waals surface area contributed by atoms with E-state index in [1.54, 1.807) is 0 Å². The SMILES string of the molecule is Nc1ccn([C@H]2C[C@H](O)[C@@H](COP(=O)(O)OP(=O)(O)OP(=O)(O)OP(=O)(O)OC[C@H]3O[C@@H](n4ccc(=O)[nH]c4=O)[C@H](O)[C@@H]3O)O2)c(=O)n1.[Na]. The molecule has 26 nitrogen and oxygen atoms in total. The molecule has 2 fully saturated rings. The maximum atomic E-state index is 12.2. The third-order valence-electron chi connectivity index (χ3n) is 6.25. The predicted molar refractivity (Wildman–Crippen MR) is 155 cm³/mol. The van der Waals surface area contributed by atoms with Crippen LogP contribution in [0.25, 0.3) is 0 Å². The third-order valence-corrected chi connectivity index (χ3v) is 12.2. The van der Waals surface area contributed by atoms with Crippen LogP contribution in [0.2, 0.25) is 0 Å². The van der Waals surface area contributed by atoms with E-state index in [-0.39, 0.29) is 41.8 Å². The van der Waals surface area contributed by atoms with Crippen molar-refractivity contribution in [2.24, 2.45) is 0 Å². The molecule has 2 saturated heterocycles. The van der Waals surface area contributed by atoms with Gasteiger partial charge in [0.05, 0.1) is 19.3 Å². The monoisotopic (exact) mass is 796 g/mol. The quantitative estimate of drug-likeness (QED) is 0.0669. The van der Waals surface area contributed by atoms with Gasteiger partial charge < -0.3 is 50.1 Å². The summed E-state index contributed by atoms with van der Waals surface area (Å²) < 4.78 is 81.2. The summed E-state index contributed by atoms with van der Waals surface area (Å²) in [4.78, 5) is 79.6. The van der Waals surface area contributed by atoms with Crippen molar-refractivity contribution in [2.75, 3.05) is 18.9 Å². The predicted octanol–water partition coefficient (Wildman–Crippen LogP) is -3.25. The molecule has 0 saturated carbocycles. The minimum Gasteiger partial charge on any atom is -0.390 e. The van der Waals surface area contributed by atoms with Gasteiger partial charge >= 0.3 is 42.7 Å². The Bertz CT molecular complexity index is 1870. The van der Waals surface area contributed by atoms with E-state index in [0.717, 1.165) is 16.8 Å². The largest absolute Gasteiger partial charge is 0.490 e. The zero-order valence-electron chi connectivity index (χ0n) is 24.5. The summed E-state index contributed by atoms with van der Waals surface area (Å²) in [5.41, 5.74) is 2.68. The van der Waals surface area contributed by atoms with Gasteiger partial charge in [0.2, 0.25) is 0 Å². The molecule has 2 aliphatic heterocycles. The molecular formula is C18H27N5NaO21P4. The second-order valence-electron chi connectivity index (χ2n) is 9.75. The summed E-state index contributed by atoms with van der Waals surface area (Å²) in [6, 6.07) is 2.13. The molecule has 4 unspecified atom stereocenters. The number of aliphatic hydroxyl groups excluding tert-OH is 3. The van der Waals surface area contributed by atoms with Crippen molar-refractivity contribution >= 4 is 66.7 Å². The van der Waals surface area contributed by atoms with Gasteiger partial charge in [-0.3, -0.25) is 28.0 Å². The van der Waals surface area contributed by atoms with Crippen LogP contribution in [0.4, 0.5) is 5.82 Å². The van der Waals surface area contributed by atoms with E-state index in [4.69, 9.17) is 15.2 Å². The Morgan fingerprint density at radius 1 is 0.816 bits per heavy atom. The first-order valence-corrected chi connectivity index (χ1v) is 18.8. The zero-order chi connectivity index (χ0) is 35.8. The van der Waals surface area contributed by atoms with E-state index in [9.17, 15) is 67.5 Å². The summed E-state index contributed by atoms with van der Waals surface area (Å²) in [7, 11) is -23.8. The number of nitrogen functional groups attached to an aromatic ring is 1. The van der Waals surface area contributed by atoms with Gasteiger partial charge in [-0.1, -0.05) is 0 Å². The Morgan fingerprint density at radius 3 is 1.90 bits per heavy atom. The number of nitrogens with two attached hydrogens (primary N) is 1. The van der Waals surface area contributed by atoms with E-state index < -0.39 is 104 Å². The average molecular weight is 796 g/mol. The van der Waals surface area contributed by atoms with Crippen LogP contribution < -0.4 is 22.7 Å². The molecule has 31 heteroatoms. The average Bonchev–Trinajstić information content (AvgIpc) is 3.42. The molecule has 4 heterocycles. The summed E-state index contributed by atoms with van der Waals surface area (Å²) in [6.07, 6.45) is -9.25. The van der Waals surface area contributed by atoms with Gasteiger partial charge in [-0.15, -0.1) is 0 Å². The fourth-order valence-corrected chi connectivity index (χ4v) is 9.16. The van der Waals surface area contributed by atoms with Gasteiger partial charge in [0, 0.05) is 54.4 Å². The Balaban J connectivity index is 0.00000650. The molecule has 0 aliphatic carbocycles. The first kappa shape index (κ1) is 42.1. The molecule has 271 valence electrons. The number of nitrogens with zero attached hydrogens (tertiary/aromatic N) is 3. The fourth-order valence-electron chi connectivity index (χ4n) is 4.21. The number of hydrogen-bond acceptors (Lipinski definition) is 19. The van der Waals surface area contributed by atoms with Gasteiger partial charge in [-0.05, 0) is 6.07 Å². The van der Waals surface area contributed by atoms with Crippen LogP contribution in [0.15, 0.2) is 38.9 Å². The number of aliphatic hydroxyl groups is 3. The van der Waals surface area contributed by atoms with E-state index in [2.05, 4.69) is 27.0 Å². The number of phosphoric ester groups is 2. The van der Waals surface area contributed by atoms with Crippen LogP contribution in [-0.2, 0) is 49.7 Å². The Hall–Kier alpha value is -1.28. The van der Waals surface area contributed by atoms with Crippen molar-refractivity contribution in [1.29, 1.82) is 0 Å². The minimum absolute atomic E-state index is 0. The molecule has 49 heavy (non-hydrogen) atoms. The number of aromatic nitrogens is 4. The number of phosphoric acid groups is 4. The number of nitrogens with one attached hydrogen (secondary N) is 1. The van der Waals surface area contributed by atoms with Gasteiger partial charge in [-0.2, -0.15) is 17.9 Å². The van der Waals surface area contributed by atoms with Crippen molar-refractivity contribution in [1.82, 2.24) is 19.1 Å². The van der Waals surface area contributed by atoms with E-state index >= 15 is 0 Å². The van der Waals surface area contributed by atoms with Crippen LogP contribution in [0, 0.1) is 0 Å². The first-order valence-electron chi connectivity index (χ1n) is 12.8. The van der Waals surface area contributed by atoms with Crippen molar-refractivity contribution in [3.05, 3.63) is 55.8 Å². The Labute approximate surface area is 293 Å². The number of rotatable bonds is 14.